The zero-order valence-corrected chi connectivity index (χ0v) is 17.8. The second-order valence-electron chi connectivity index (χ2n) is 8.00. The van der Waals surface area contributed by atoms with Crippen LogP contribution in [0.2, 0.25) is 0 Å². The van der Waals surface area contributed by atoms with Crippen molar-refractivity contribution in [2.75, 3.05) is 13.1 Å². The van der Waals surface area contributed by atoms with Gasteiger partial charge in [-0.15, -0.1) is 10.2 Å². The summed E-state index contributed by atoms with van der Waals surface area (Å²) < 4.78 is 49.2. The van der Waals surface area contributed by atoms with Gasteiger partial charge in [0.15, 0.2) is 0 Å². The van der Waals surface area contributed by atoms with Crippen LogP contribution in [0.3, 0.4) is 0 Å². The smallest absolute Gasteiger partial charge is 0.416 e. The fourth-order valence-electron chi connectivity index (χ4n) is 3.97. The molecule has 1 unspecified atom stereocenters. The lowest BCUT2D eigenvalue weighted by Crippen LogP contribution is -2.39. The molecule has 1 atom stereocenters. The lowest BCUT2D eigenvalue weighted by molar-refractivity contribution is -0.137. The first-order valence-corrected chi connectivity index (χ1v) is 10.4. The number of rotatable bonds is 5. The molecule has 170 valence electrons. The number of aryl methyl sites for hydroxylation is 2. The van der Waals surface area contributed by atoms with Crippen LogP contribution in [0.5, 0.6) is 0 Å². The molecule has 32 heavy (non-hydrogen) atoms. The van der Waals surface area contributed by atoms with Crippen molar-refractivity contribution in [1.29, 1.82) is 0 Å². The number of amides is 1. The molecule has 0 radical (unpaired) electrons. The first-order valence-electron chi connectivity index (χ1n) is 10.4. The van der Waals surface area contributed by atoms with Crippen LogP contribution in [0.4, 0.5) is 13.2 Å². The first-order chi connectivity index (χ1) is 15.2. The van der Waals surface area contributed by atoms with Gasteiger partial charge in [-0.1, -0.05) is 5.16 Å². The predicted molar refractivity (Wildman–Crippen MR) is 108 cm³/mol. The summed E-state index contributed by atoms with van der Waals surface area (Å²) in [5.41, 5.74) is 1.44. The number of hydrogen-bond donors (Lipinski definition) is 0. The third kappa shape index (κ3) is 4.68. The van der Waals surface area contributed by atoms with Crippen molar-refractivity contribution >= 4 is 5.91 Å². The molecule has 1 amide bonds. The molecule has 1 saturated heterocycles. The number of alkyl halides is 3. The molecule has 3 aromatic rings. The maximum Gasteiger partial charge on any atom is 0.416 e. The molecule has 3 heterocycles. The number of benzene rings is 1. The molecular weight excluding hydrogens is 425 g/mol. The van der Waals surface area contributed by atoms with Gasteiger partial charge in [0.25, 0.3) is 0 Å². The van der Waals surface area contributed by atoms with Crippen LogP contribution in [-0.2, 0) is 17.4 Å². The van der Waals surface area contributed by atoms with E-state index >= 15 is 0 Å². The Balaban J connectivity index is 1.39. The van der Waals surface area contributed by atoms with Crippen molar-refractivity contribution in [2.45, 2.75) is 51.6 Å². The molecule has 0 aliphatic carbocycles. The Morgan fingerprint density at radius 1 is 1.19 bits per heavy atom. The number of carbonyl (C=O) groups excluding carboxylic acids is 1. The van der Waals surface area contributed by atoms with E-state index in [4.69, 9.17) is 8.94 Å². The number of carbonyl (C=O) groups is 1. The maximum absolute atomic E-state index is 12.8. The largest absolute Gasteiger partial charge is 0.420 e. The summed E-state index contributed by atoms with van der Waals surface area (Å²) in [6.07, 6.45) is -1.87. The summed E-state index contributed by atoms with van der Waals surface area (Å²) in [6.45, 7) is 4.82. The van der Waals surface area contributed by atoms with E-state index in [0.29, 0.717) is 37.4 Å². The normalized spacial score (nSPS) is 17.0. The summed E-state index contributed by atoms with van der Waals surface area (Å²) in [4.78, 5) is 14.5. The van der Waals surface area contributed by atoms with Crippen LogP contribution in [0.15, 0.2) is 33.2 Å². The van der Waals surface area contributed by atoms with E-state index in [1.807, 2.05) is 13.8 Å². The highest BCUT2D eigenvalue weighted by Crippen LogP contribution is 2.32. The Morgan fingerprint density at radius 3 is 2.59 bits per heavy atom. The Hall–Kier alpha value is -3.17. The van der Waals surface area contributed by atoms with E-state index in [-0.39, 0.29) is 17.7 Å². The van der Waals surface area contributed by atoms with Gasteiger partial charge in [0.05, 0.1) is 17.2 Å². The van der Waals surface area contributed by atoms with Crippen molar-refractivity contribution in [2.24, 2.45) is 0 Å². The minimum absolute atomic E-state index is 0.0391. The molecule has 1 aliphatic heterocycles. The number of nitrogens with zero attached hydrogens (tertiary/aromatic N) is 4. The van der Waals surface area contributed by atoms with Gasteiger partial charge in [0.1, 0.15) is 5.76 Å². The first kappa shape index (κ1) is 22.0. The monoisotopic (exact) mass is 448 g/mol. The van der Waals surface area contributed by atoms with Gasteiger partial charge < -0.3 is 13.8 Å². The van der Waals surface area contributed by atoms with Crippen LogP contribution in [0.1, 0.15) is 53.7 Å². The van der Waals surface area contributed by atoms with Gasteiger partial charge in [0, 0.05) is 30.6 Å². The number of piperidine rings is 1. The molecule has 4 rings (SSSR count). The lowest BCUT2D eigenvalue weighted by Gasteiger charge is -2.31. The van der Waals surface area contributed by atoms with E-state index in [0.717, 1.165) is 42.0 Å². The third-order valence-corrected chi connectivity index (χ3v) is 5.79. The molecule has 7 nitrogen and oxygen atoms in total. The van der Waals surface area contributed by atoms with E-state index in [1.165, 1.54) is 12.1 Å². The van der Waals surface area contributed by atoms with Crippen LogP contribution in [-0.4, -0.2) is 39.3 Å². The minimum Gasteiger partial charge on any atom is -0.420 e. The summed E-state index contributed by atoms with van der Waals surface area (Å²) in [5, 5.41) is 12.0. The van der Waals surface area contributed by atoms with Crippen LogP contribution in [0, 0.1) is 13.8 Å². The molecule has 1 aliphatic rings. The van der Waals surface area contributed by atoms with E-state index in [2.05, 4.69) is 15.4 Å². The van der Waals surface area contributed by atoms with Gasteiger partial charge >= 0.3 is 6.18 Å². The molecular formula is C22H23F3N4O3. The predicted octanol–water partition coefficient (Wildman–Crippen LogP) is 4.70. The Kier molecular flexibility index (Phi) is 6.03. The van der Waals surface area contributed by atoms with Crippen molar-refractivity contribution in [3.8, 4) is 11.5 Å². The quantitative estimate of drug-likeness (QED) is 0.563. The fraction of sp³-hybridized carbons (Fsp3) is 0.455. The highest BCUT2D eigenvalue weighted by atomic mass is 19.4. The van der Waals surface area contributed by atoms with Crippen LogP contribution >= 0.6 is 0 Å². The Morgan fingerprint density at radius 2 is 1.94 bits per heavy atom. The summed E-state index contributed by atoms with van der Waals surface area (Å²) >= 11 is 0. The van der Waals surface area contributed by atoms with Gasteiger partial charge in [-0.2, -0.15) is 13.2 Å². The number of hydrogen-bond acceptors (Lipinski definition) is 6. The highest BCUT2D eigenvalue weighted by molar-refractivity contribution is 5.76. The third-order valence-electron chi connectivity index (χ3n) is 5.79. The molecule has 0 N–H and O–H groups in total. The minimum atomic E-state index is -4.40. The molecule has 0 spiro atoms. The second-order valence-corrected chi connectivity index (χ2v) is 8.00. The highest BCUT2D eigenvalue weighted by Gasteiger charge is 2.31. The zero-order valence-electron chi connectivity index (χ0n) is 17.8. The number of halogens is 3. The molecule has 1 fully saturated rings. The number of likely N-dealkylation sites (tertiary alicyclic amines) is 1. The van der Waals surface area contributed by atoms with Crippen molar-refractivity contribution < 1.29 is 26.9 Å². The summed E-state index contributed by atoms with van der Waals surface area (Å²) in [6, 6.07) is 4.59. The summed E-state index contributed by atoms with van der Waals surface area (Å²) in [7, 11) is 0. The van der Waals surface area contributed by atoms with E-state index < -0.39 is 11.7 Å². The maximum atomic E-state index is 12.8. The van der Waals surface area contributed by atoms with Gasteiger partial charge in [-0.3, -0.25) is 4.79 Å². The number of aromatic nitrogens is 3. The summed E-state index contributed by atoms with van der Waals surface area (Å²) in [5.74, 6) is 1.21. The SMILES string of the molecule is Cc1noc(C)c1CCC(=O)N1CCCC(c2nnc(-c3ccc(C(F)(F)F)cc3)o2)C1. The Bertz CT molecular complexity index is 1070. The molecule has 0 saturated carbocycles. The average Bonchev–Trinajstić information content (AvgIpc) is 3.39. The Labute approximate surface area is 182 Å². The van der Waals surface area contributed by atoms with E-state index in [9.17, 15) is 18.0 Å². The van der Waals surface area contributed by atoms with Crippen LogP contribution in [0.25, 0.3) is 11.5 Å². The van der Waals surface area contributed by atoms with Crippen LogP contribution < -0.4 is 0 Å². The standard InChI is InChI=1S/C22H23F3N4O3/c1-13-18(14(2)32-28-13)9-10-19(30)29-11-3-4-16(12-29)21-27-26-20(31-21)15-5-7-17(8-6-15)22(23,24)25/h5-8,16H,3-4,9-12H2,1-2H3. The van der Waals surface area contributed by atoms with E-state index in [1.54, 1.807) is 4.90 Å². The van der Waals surface area contributed by atoms with Gasteiger partial charge in [-0.25, -0.2) is 0 Å². The zero-order chi connectivity index (χ0) is 22.9. The lowest BCUT2D eigenvalue weighted by atomic mass is 9.97. The molecule has 2 aromatic heterocycles. The fourth-order valence-corrected chi connectivity index (χ4v) is 3.97. The van der Waals surface area contributed by atoms with Crippen molar-refractivity contribution in [3.63, 3.8) is 0 Å². The van der Waals surface area contributed by atoms with Gasteiger partial charge in [-0.05, 0) is 57.4 Å². The van der Waals surface area contributed by atoms with Crippen molar-refractivity contribution in [1.82, 2.24) is 20.3 Å². The average molecular weight is 448 g/mol. The molecule has 10 heteroatoms. The van der Waals surface area contributed by atoms with Crippen molar-refractivity contribution in [3.05, 3.63) is 52.7 Å². The molecule has 0 bridgehead atoms. The van der Waals surface area contributed by atoms with Gasteiger partial charge in [0.2, 0.25) is 17.7 Å². The topological polar surface area (TPSA) is 85.3 Å². The molecule has 1 aromatic carbocycles. The second kappa shape index (κ2) is 8.76.